The number of hydrogen-bond donors (Lipinski definition) is 1. The number of rotatable bonds is 11. The molecule has 0 spiro atoms. The molecule has 3 nitrogen and oxygen atoms in total. The molecule has 0 saturated heterocycles. The van der Waals surface area contributed by atoms with Gasteiger partial charge in [0.15, 0.2) is 0 Å². The van der Waals surface area contributed by atoms with E-state index in [2.05, 4.69) is 81.7 Å². The number of fused-ring (bicyclic) bond motifs is 2. The first-order chi connectivity index (χ1) is 20.3. The average molecular weight is 578 g/mol. The fourth-order valence-electron chi connectivity index (χ4n) is 5.58. The summed E-state index contributed by atoms with van der Waals surface area (Å²) < 4.78 is 0. The van der Waals surface area contributed by atoms with Crippen LogP contribution in [-0.2, 0) is 32.2 Å². The van der Waals surface area contributed by atoms with Gasteiger partial charge in [-0.3, -0.25) is 0 Å². The van der Waals surface area contributed by atoms with Crippen molar-refractivity contribution in [2.75, 3.05) is 18.4 Å². The molecule has 1 aromatic heterocycles. The second-order valence-corrected chi connectivity index (χ2v) is 12.3. The van der Waals surface area contributed by atoms with Crippen molar-refractivity contribution in [2.45, 2.75) is 152 Å². The zero-order chi connectivity index (χ0) is 31.4. The Hall–Kier alpha value is -2.29. The second-order valence-electron chi connectivity index (χ2n) is 12.3. The number of unbranched alkanes of at least 4 members (excludes halogenated alkanes) is 3. The van der Waals surface area contributed by atoms with E-state index in [0.29, 0.717) is 5.41 Å². The number of nitrogens with zero attached hydrogens (tertiary/aromatic N) is 2. The Labute approximate surface area is 262 Å². The molecule has 2 aliphatic heterocycles. The third-order valence-corrected chi connectivity index (χ3v) is 8.19. The van der Waals surface area contributed by atoms with Gasteiger partial charge >= 0.3 is 0 Å². The van der Waals surface area contributed by atoms with E-state index in [-0.39, 0.29) is 0 Å². The fraction of sp³-hybridized carbons (Fsp3) is 0.667. The number of aromatic nitrogens is 1. The lowest BCUT2D eigenvalue weighted by atomic mass is 9.86. The molecule has 1 aromatic carbocycles. The van der Waals surface area contributed by atoms with Gasteiger partial charge in [0.25, 0.3) is 0 Å². The summed E-state index contributed by atoms with van der Waals surface area (Å²) in [5.74, 6) is 1.12. The van der Waals surface area contributed by atoms with Gasteiger partial charge in [0.05, 0.1) is 0 Å². The minimum Gasteiger partial charge on any atom is -0.370 e. The van der Waals surface area contributed by atoms with Crippen molar-refractivity contribution in [1.82, 2.24) is 9.88 Å². The van der Waals surface area contributed by atoms with Crippen molar-refractivity contribution in [3.8, 4) is 0 Å². The summed E-state index contributed by atoms with van der Waals surface area (Å²) in [6, 6.07) is 11.7. The van der Waals surface area contributed by atoms with Gasteiger partial charge in [-0.2, -0.15) is 0 Å². The Morgan fingerprint density at radius 3 is 2.21 bits per heavy atom. The van der Waals surface area contributed by atoms with Crippen LogP contribution in [0.15, 0.2) is 42.6 Å². The van der Waals surface area contributed by atoms with Crippen LogP contribution in [0.3, 0.4) is 0 Å². The normalized spacial score (nSPS) is 13.9. The molecular formula is C39H67N3. The quantitative estimate of drug-likeness (QED) is 0.269. The molecule has 0 saturated carbocycles. The third kappa shape index (κ3) is 13.3. The van der Waals surface area contributed by atoms with Gasteiger partial charge < -0.3 is 10.2 Å². The Kier molecular flexibility index (Phi) is 19.2. The van der Waals surface area contributed by atoms with E-state index in [9.17, 15) is 0 Å². The van der Waals surface area contributed by atoms with E-state index >= 15 is 0 Å². The summed E-state index contributed by atoms with van der Waals surface area (Å²) in [7, 11) is 0. The van der Waals surface area contributed by atoms with E-state index < -0.39 is 0 Å². The standard InChI is InChI=1S/C31H45N3.C4H10.2C2H6/c1-5-6-7-19-31(3,4)23-34-22-28-21-25(14-16-26(28)15-13-24(34)2)10-8-12-29-18-17-27-11-9-20-32-30(27)33-29;1-3-4-2;2*1-2/h14,16-18,21H,2,5-13,15,19-20,22-23H2,1,3-4H3,(H,32,33);3-4H2,1-2H3;2*1-2H3. The molecule has 0 aliphatic carbocycles. The van der Waals surface area contributed by atoms with Crippen LogP contribution in [0.25, 0.3) is 0 Å². The van der Waals surface area contributed by atoms with Crippen LogP contribution in [0.2, 0.25) is 0 Å². The zero-order valence-electron chi connectivity index (χ0n) is 29.3. The summed E-state index contributed by atoms with van der Waals surface area (Å²) in [5, 5.41) is 3.47. The van der Waals surface area contributed by atoms with Gasteiger partial charge in [0.1, 0.15) is 5.82 Å². The Bertz CT molecular complexity index is 1000. The molecule has 0 unspecified atom stereocenters. The second kappa shape index (κ2) is 21.4. The SMILES string of the molecule is C=C1CCc2ccc(CCCc3ccc4c(n3)NCCC4)cc2CN1CC(C)(C)CCCCC.CC.CC.CCCC. The summed E-state index contributed by atoms with van der Waals surface area (Å²) in [5.41, 5.74) is 8.72. The molecule has 3 heteroatoms. The maximum atomic E-state index is 4.88. The van der Waals surface area contributed by atoms with Crippen molar-refractivity contribution in [2.24, 2.45) is 5.41 Å². The summed E-state index contributed by atoms with van der Waals surface area (Å²) in [4.78, 5) is 7.45. The minimum atomic E-state index is 0.330. The van der Waals surface area contributed by atoms with E-state index in [0.717, 1.165) is 64.0 Å². The first kappa shape index (κ1) is 37.7. The predicted octanol–water partition coefficient (Wildman–Crippen LogP) is 11.3. The topological polar surface area (TPSA) is 28.2 Å². The van der Waals surface area contributed by atoms with Crippen molar-refractivity contribution in [3.05, 3.63) is 70.6 Å². The number of anilines is 1. The number of nitrogens with one attached hydrogen (secondary N) is 1. The number of benzene rings is 1. The highest BCUT2D eigenvalue weighted by atomic mass is 15.1. The number of aryl methyl sites for hydroxylation is 4. The van der Waals surface area contributed by atoms with Gasteiger partial charge in [-0.15, -0.1) is 0 Å². The van der Waals surface area contributed by atoms with Gasteiger partial charge in [-0.1, -0.05) is 125 Å². The highest BCUT2D eigenvalue weighted by molar-refractivity contribution is 5.47. The van der Waals surface area contributed by atoms with Gasteiger partial charge in [0, 0.05) is 31.0 Å². The maximum Gasteiger partial charge on any atom is 0.129 e. The summed E-state index contributed by atoms with van der Waals surface area (Å²) in [6.07, 6.45) is 15.8. The predicted molar refractivity (Wildman–Crippen MR) is 189 cm³/mol. The fourth-order valence-corrected chi connectivity index (χ4v) is 5.58. The van der Waals surface area contributed by atoms with Gasteiger partial charge in [-0.05, 0) is 85.1 Å². The smallest absolute Gasteiger partial charge is 0.129 e. The molecule has 0 atom stereocenters. The molecule has 238 valence electrons. The Morgan fingerprint density at radius 2 is 1.52 bits per heavy atom. The van der Waals surface area contributed by atoms with Crippen molar-refractivity contribution >= 4 is 5.82 Å². The van der Waals surface area contributed by atoms with Gasteiger partial charge in [-0.25, -0.2) is 4.98 Å². The van der Waals surface area contributed by atoms with Crippen LogP contribution < -0.4 is 5.32 Å². The van der Waals surface area contributed by atoms with Crippen molar-refractivity contribution in [1.29, 1.82) is 0 Å². The lowest BCUT2D eigenvalue weighted by Gasteiger charge is -2.35. The first-order valence-corrected chi connectivity index (χ1v) is 17.6. The van der Waals surface area contributed by atoms with Crippen LogP contribution >= 0.6 is 0 Å². The molecule has 2 aromatic rings. The Morgan fingerprint density at radius 1 is 0.810 bits per heavy atom. The number of hydrogen-bond acceptors (Lipinski definition) is 3. The summed E-state index contributed by atoms with van der Waals surface area (Å²) in [6.45, 7) is 27.2. The summed E-state index contributed by atoms with van der Waals surface area (Å²) >= 11 is 0. The van der Waals surface area contributed by atoms with E-state index in [1.54, 1.807) is 0 Å². The highest BCUT2D eigenvalue weighted by Gasteiger charge is 2.25. The van der Waals surface area contributed by atoms with E-state index in [1.807, 2.05) is 27.7 Å². The van der Waals surface area contributed by atoms with Crippen LogP contribution in [0.5, 0.6) is 0 Å². The van der Waals surface area contributed by atoms with Crippen molar-refractivity contribution < 1.29 is 0 Å². The monoisotopic (exact) mass is 578 g/mol. The molecule has 42 heavy (non-hydrogen) atoms. The maximum absolute atomic E-state index is 4.88. The number of pyridine rings is 1. The van der Waals surface area contributed by atoms with Crippen LogP contribution in [0, 0.1) is 5.41 Å². The molecule has 2 aliphatic rings. The molecule has 1 N–H and O–H groups in total. The minimum absolute atomic E-state index is 0.330. The lowest BCUT2D eigenvalue weighted by molar-refractivity contribution is 0.193. The molecule has 0 bridgehead atoms. The molecule has 0 radical (unpaired) electrons. The Balaban J connectivity index is 0.000000998. The molecule has 0 amide bonds. The number of allylic oxidation sites excluding steroid dienone is 1. The van der Waals surface area contributed by atoms with E-state index in [4.69, 9.17) is 4.98 Å². The van der Waals surface area contributed by atoms with E-state index in [1.165, 1.54) is 78.6 Å². The molecule has 0 fully saturated rings. The van der Waals surface area contributed by atoms with Crippen molar-refractivity contribution in [3.63, 3.8) is 0 Å². The largest absolute Gasteiger partial charge is 0.370 e. The first-order valence-electron chi connectivity index (χ1n) is 17.6. The molecule has 4 rings (SSSR count). The average Bonchev–Trinajstić information content (AvgIpc) is 3.16. The highest BCUT2D eigenvalue weighted by Crippen LogP contribution is 2.31. The lowest BCUT2D eigenvalue weighted by Crippen LogP contribution is -2.32. The van der Waals surface area contributed by atoms with Gasteiger partial charge in [0.2, 0.25) is 0 Å². The molecule has 3 heterocycles. The zero-order valence-corrected chi connectivity index (χ0v) is 29.3. The van der Waals surface area contributed by atoms with Crippen LogP contribution in [-0.4, -0.2) is 23.0 Å². The van der Waals surface area contributed by atoms with Crippen LogP contribution in [0.4, 0.5) is 5.82 Å². The molecular weight excluding hydrogens is 510 g/mol. The third-order valence-electron chi connectivity index (χ3n) is 8.19. The van der Waals surface area contributed by atoms with Crippen LogP contribution in [0.1, 0.15) is 148 Å².